The van der Waals surface area contributed by atoms with Crippen molar-refractivity contribution < 1.29 is 19.3 Å². The molecule has 0 unspecified atom stereocenters. The van der Waals surface area contributed by atoms with Crippen LogP contribution in [0.5, 0.6) is 11.5 Å². The molecule has 6 heteroatoms. The maximum atomic E-state index is 11.9. The molecule has 232 valence electrons. The lowest BCUT2D eigenvalue weighted by Gasteiger charge is -2.15. The monoisotopic (exact) mass is 578 g/mol. The zero-order chi connectivity index (χ0) is 29.8. The van der Waals surface area contributed by atoms with Gasteiger partial charge in [0.25, 0.3) is 0 Å². The molecule has 1 aliphatic rings. The van der Waals surface area contributed by atoms with Crippen LogP contribution in [0.25, 0.3) is 22.9 Å². The summed E-state index contributed by atoms with van der Waals surface area (Å²) in [6, 6.07) is 7.73. The normalized spacial score (nSPS) is 12.7. The largest absolute Gasteiger partial charge is 0.405 e. The third-order valence-electron chi connectivity index (χ3n) is 8.05. The van der Waals surface area contributed by atoms with Crippen LogP contribution in [0.4, 0.5) is 0 Å². The van der Waals surface area contributed by atoms with Crippen LogP contribution in [-0.4, -0.2) is 24.7 Å². The fraction of sp³-hybridized carbons (Fsp3) is 0.611. The third kappa shape index (κ3) is 12.3. The lowest BCUT2D eigenvalue weighted by atomic mass is 10.0. The summed E-state index contributed by atoms with van der Waals surface area (Å²) in [4.78, 5) is 35.8. The van der Waals surface area contributed by atoms with Crippen molar-refractivity contribution in [1.29, 1.82) is 0 Å². The number of hydrogen-bond donors (Lipinski definition) is 2. The molecule has 0 aliphatic heterocycles. The highest BCUT2D eigenvalue weighted by molar-refractivity contribution is 6.57. The molecule has 0 saturated heterocycles. The second-order valence-electron chi connectivity index (χ2n) is 11.8. The molecular weight excluding hydrogens is 524 g/mol. The van der Waals surface area contributed by atoms with E-state index >= 15 is 0 Å². The number of hydroxylamine groups is 2. The topological polar surface area (TPSA) is 76.7 Å². The first kappa shape index (κ1) is 33.8. The molecule has 1 aliphatic carbocycles. The summed E-state index contributed by atoms with van der Waals surface area (Å²) in [6.07, 6.45) is 25.9. The molecule has 0 spiro atoms. The fourth-order valence-electron chi connectivity index (χ4n) is 5.45. The molecule has 2 aromatic rings. The first-order chi connectivity index (χ1) is 20.6. The van der Waals surface area contributed by atoms with Crippen LogP contribution in [-0.2, 0) is 9.59 Å². The van der Waals surface area contributed by atoms with Gasteiger partial charge in [0.05, 0.1) is 0 Å². The Bertz CT molecular complexity index is 1130. The number of nitrogens with one attached hydrogen (secondary N) is 2. The zero-order valence-corrected chi connectivity index (χ0v) is 26.2. The average molecular weight is 579 g/mol. The van der Waals surface area contributed by atoms with Crippen molar-refractivity contribution in [3.05, 3.63) is 34.7 Å². The number of Topliss-reactive ketones (excluding diaryl/α,β-unsaturated/α-hetero) is 2. The number of rotatable bonds is 24. The molecule has 2 aromatic carbocycles. The number of unbranched alkanes of at least 4 members (excludes halogenated alkanes) is 16. The van der Waals surface area contributed by atoms with Gasteiger partial charge in [-0.15, -0.1) is 0 Å². The maximum absolute atomic E-state index is 11.9. The van der Waals surface area contributed by atoms with Gasteiger partial charge in [0.15, 0.2) is 11.5 Å². The van der Waals surface area contributed by atoms with Gasteiger partial charge in [-0.1, -0.05) is 117 Å². The van der Waals surface area contributed by atoms with Crippen molar-refractivity contribution in [3.63, 3.8) is 0 Å². The first-order valence-electron chi connectivity index (χ1n) is 16.8. The van der Waals surface area contributed by atoms with Crippen LogP contribution in [0.1, 0.15) is 129 Å². The van der Waals surface area contributed by atoms with Gasteiger partial charge >= 0.3 is 0 Å². The molecule has 0 aromatic heterocycles. The van der Waals surface area contributed by atoms with Gasteiger partial charge in [0.1, 0.15) is 0 Å². The summed E-state index contributed by atoms with van der Waals surface area (Å²) >= 11 is 0. The van der Waals surface area contributed by atoms with Gasteiger partial charge in [-0.2, -0.15) is 11.0 Å². The predicted molar refractivity (Wildman–Crippen MR) is 174 cm³/mol. The van der Waals surface area contributed by atoms with Crippen molar-refractivity contribution in [1.82, 2.24) is 11.0 Å². The summed E-state index contributed by atoms with van der Waals surface area (Å²) in [5, 5.41) is 3.34. The Labute approximate surface area is 253 Å². The average Bonchev–Trinajstić information content (AvgIpc) is 2.98. The smallest absolute Gasteiger partial charge is 0.226 e. The SMILES string of the molecule is CCCCCCCCCCCNOc1cc2cc3c(cc2cc1ONCCCCCCCCCCC)=CC(=O)C(=O)C=3. The minimum absolute atomic E-state index is 0.485. The van der Waals surface area contributed by atoms with E-state index in [-0.39, 0.29) is 0 Å². The van der Waals surface area contributed by atoms with Crippen LogP contribution >= 0.6 is 0 Å². The Morgan fingerprint density at radius 2 is 0.810 bits per heavy atom. The summed E-state index contributed by atoms with van der Waals surface area (Å²) in [7, 11) is 0. The maximum Gasteiger partial charge on any atom is 0.226 e. The quantitative estimate of drug-likeness (QED) is 0.0769. The summed E-state index contributed by atoms with van der Waals surface area (Å²) in [5.74, 6) is 0.225. The van der Waals surface area contributed by atoms with E-state index in [9.17, 15) is 9.59 Å². The van der Waals surface area contributed by atoms with E-state index in [1.54, 1.807) is 0 Å². The second-order valence-corrected chi connectivity index (χ2v) is 11.8. The molecule has 3 rings (SSSR count). The zero-order valence-electron chi connectivity index (χ0n) is 26.2. The first-order valence-corrected chi connectivity index (χ1v) is 16.8. The molecule has 0 atom stereocenters. The number of carbonyl (C=O) groups excluding carboxylic acids is 2. The van der Waals surface area contributed by atoms with Crippen LogP contribution in [0, 0.1) is 0 Å². The summed E-state index contributed by atoms with van der Waals surface area (Å²) in [6.45, 7) is 6.05. The Balaban J connectivity index is 1.51. The summed E-state index contributed by atoms with van der Waals surface area (Å²) in [5.41, 5.74) is 6.25. The second kappa shape index (κ2) is 20.2. The van der Waals surface area contributed by atoms with Crippen molar-refractivity contribution >= 4 is 34.5 Å². The third-order valence-corrected chi connectivity index (χ3v) is 8.05. The van der Waals surface area contributed by atoms with Crippen LogP contribution < -0.4 is 31.1 Å². The van der Waals surface area contributed by atoms with E-state index in [0.29, 0.717) is 11.5 Å². The lowest BCUT2D eigenvalue weighted by molar-refractivity contribution is -0.129. The van der Waals surface area contributed by atoms with E-state index in [4.69, 9.17) is 9.68 Å². The molecule has 0 fully saturated rings. The fourth-order valence-corrected chi connectivity index (χ4v) is 5.45. The van der Waals surface area contributed by atoms with Gasteiger partial charge < -0.3 is 9.68 Å². The molecular formula is C36H54N2O4. The van der Waals surface area contributed by atoms with Crippen molar-refractivity contribution in [2.24, 2.45) is 0 Å². The molecule has 0 bridgehead atoms. The molecule has 2 N–H and O–H groups in total. The number of carbonyl (C=O) groups is 2. The molecule has 0 heterocycles. The van der Waals surface area contributed by atoms with Crippen molar-refractivity contribution in [3.8, 4) is 11.5 Å². The number of ketones is 2. The van der Waals surface area contributed by atoms with E-state index in [1.807, 2.05) is 24.3 Å². The number of hydrogen-bond acceptors (Lipinski definition) is 6. The van der Waals surface area contributed by atoms with Crippen LogP contribution in [0.3, 0.4) is 0 Å². The highest BCUT2D eigenvalue weighted by atomic mass is 16.7. The number of benzene rings is 2. The van der Waals surface area contributed by atoms with Crippen LogP contribution in [0.2, 0.25) is 0 Å². The van der Waals surface area contributed by atoms with Gasteiger partial charge in [0, 0.05) is 13.1 Å². The van der Waals surface area contributed by atoms with Gasteiger partial charge in [-0.05, 0) is 70.5 Å². The Morgan fingerprint density at radius 3 is 1.17 bits per heavy atom. The highest BCUT2D eigenvalue weighted by Crippen LogP contribution is 2.31. The Kier molecular flexibility index (Phi) is 16.3. The minimum Gasteiger partial charge on any atom is -0.405 e. The van der Waals surface area contributed by atoms with E-state index in [0.717, 1.165) is 47.1 Å². The summed E-state index contributed by atoms with van der Waals surface area (Å²) < 4.78 is 0. The lowest BCUT2D eigenvalue weighted by Crippen LogP contribution is -2.33. The van der Waals surface area contributed by atoms with E-state index in [1.165, 1.54) is 115 Å². The standard InChI is InChI=1S/C36H54N2O4/c1-3-5-7-9-11-13-15-17-19-21-37-41-35-27-31-23-29-25-33(39)34(40)26-30(29)24-32(31)28-36(35)42-38-22-20-18-16-14-12-10-8-6-4-2/h23-28,37-38H,3-22H2,1-2H3. The minimum atomic E-state index is -0.485. The molecule has 42 heavy (non-hydrogen) atoms. The van der Waals surface area contributed by atoms with Crippen LogP contribution in [0.15, 0.2) is 24.3 Å². The predicted octanol–water partition coefficient (Wildman–Crippen LogP) is 7.38. The van der Waals surface area contributed by atoms with Crippen molar-refractivity contribution in [2.45, 2.75) is 129 Å². The van der Waals surface area contributed by atoms with Gasteiger partial charge in [-0.3, -0.25) is 9.59 Å². The van der Waals surface area contributed by atoms with E-state index in [2.05, 4.69) is 24.8 Å². The van der Waals surface area contributed by atoms with E-state index < -0.39 is 11.6 Å². The molecule has 0 amide bonds. The van der Waals surface area contributed by atoms with Crippen molar-refractivity contribution in [2.75, 3.05) is 13.1 Å². The molecule has 0 radical (unpaired) electrons. The molecule has 6 nitrogen and oxygen atoms in total. The van der Waals surface area contributed by atoms with Gasteiger partial charge in [0.2, 0.25) is 11.6 Å². The highest BCUT2D eigenvalue weighted by Gasteiger charge is 2.14. The van der Waals surface area contributed by atoms with Gasteiger partial charge in [-0.25, -0.2) is 0 Å². The molecule has 0 saturated carbocycles. The Morgan fingerprint density at radius 1 is 0.476 bits per heavy atom. The Hall–Kier alpha value is -2.70. The number of fused-ring (bicyclic) bond motifs is 2.